The fourth-order valence-electron chi connectivity index (χ4n) is 2.93. The van der Waals surface area contributed by atoms with Crippen LogP contribution in [0.5, 0.6) is 0 Å². The number of fused-ring (bicyclic) bond motifs is 1. The van der Waals surface area contributed by atoms with Crippen LogP contribution in [0.15, 0.2) is 12.1 Å². The van der Waals surface area contributed by atoms with Crippen LogP contribution in [0.2, 0.25) is 0 Å². The van der Waals surface area contributed by atoms with Crippen molar-refractivity contribution in [2.75, 3.05) is 13.7 Å². The van der Waals surface area contributed by atoms with Gasteiger partial charge in [-0.05, 0) is 43.0 Å². The summed E-state index contributed by atoms with van der Waals surface area (Å²) in [5.41, 5.74) is 7.61. The van der Waals surface area contributed by atoms with Gasteiger partial charge in [0, 0.05) is 25.4 Å². The van der Waals surface area contributed by atoms with Crippen molar-refractivity contribution in [1.82, 2.24) is 4.90 Å². The average molecular weight is 312 g/mol. The number of carbonyl (C=O) groups is 1. The van der Waals surface area contributed by atoms with Crippen LogP contribution in [-0.2, 0) is 11.2 Å². The molecule has 3 atom stereocenters. The number of aliphatic hydroxyl groups excluding tert-OH is 1. The van der Waals surface area contributed by atoms with Gasteiger partial charge in [-0.2, -0.15) is 0 Å². The summed E-state index contributed by atoms with van der Waals surface area (Å²) in [6.45, 7) is 1.63. The molecule has 3 unspecified atom stereocenters. The van der Waals surface area contributed by atoms with Crippen molar-refractivity contribution in [1.29, 1.82) is 0 Å². The van der Waals surface area contributed by atoms with Gasteiger partial charge in [-0.15, -0.1) is 0 Å². The summed E-state index contributed by atoms with van der Waals surface area (Å²) in [5.74, 6) is -2.03. The largest absolute Gasteiger partial charge is 0.394 e. The number of amides is 1. The summed E-state index contributed by atoms with van der Waals surface area (Å²) in [6, 6.07) is 1.69. The zero-order valence-corrected chi connectivity index (χ0v) is 12.9. The molecule has 1 aromatic carbocycles. The molecular formula is C16H22F2N2O2. The Kier molecular flexibility index (Phi) is 5.13. The van der Waals surface area contributed by atoms with Crippen LogP contribution in [0.4, 0.5) is 8.78 Å². The predicted octanol–water partition coefficient (Wildman–Crippen LogP) is 1.55. The number of likely N-dealkylation sites (N-methyl/N-ethyl adjacent to an activating group) is 1. The summed E-state index contributed by atoms with van der Waals surface area (Å²) >= 11 is 0. The molecule has 0 bridgehead atoms. The number of nitrogens with two attached hydrogens (primary N) is 1. The number of hydrogen-bond acceptors (Lipinski definition) is 3. The van der Waals surface area contributed by atoms with Crippen molar-refractivity contribution in [2.45, 2.75) is 44.2 Å². The van der Waals surface area contributed by atoms with Crippen LogP contribution >= 0.6 is 0 Å². The normalized spacial score (nSPS) is 19.6. The highest BCUT2D eigenvalue weighted by atomic mass is 19.2. The lowest BCUT2D eigenvalue weighted by Crippen LogP contribution is -2.41. The number of carbonyl (C=O) groups excluding carboxylic acids is 1. The molecule has 0 aliphatic heterocycles. The number of hydrogen-bond donors (Lipinski definition) is 2. The van der Waals surface area contributed by atoms with E-state index in [0.29, 0.717) is 18.4 Å². The fourth-order valence-corrected chi connectivity index (χ4v) is 2.93. The molecule has 0 aromatic heterocycles. The van der Waals surface area contributed by atoms with E-state index in [1.54, 1.807) is 14.0 Å². The molecule has 0 radical (unpaired) electrons. The molecule has 4 nitrogen and oxygen atoms in total. The van der Waals surface area contributed by atoms with Crippen molar-refractivity contribution < 1.29 is 18.7 Å². The third-order valence-corrected chi connectivity index (χ3v) is 4.55. The van der Waals surface area contributed by atoms with E-state index in [4.69, 9.17) is 10.8 Å². The standard InChI is InChI=1S/C16H22F2N2O2/c1-9(8-21)20(2)16(22)7-15(19)11-4-3-10-5-13(17)14(18)6-12(10)11/h5-6,9,11,15,21H,3-4,7-8,19H2,1-2H3. The Morgan fingerprint density at radius 1 is 1.45 bits per heavy atom. The molecule has 3 N–H and O–H groups in total. The summed E-state index contributed by atoms with van der Waals surface area (Å²) in [6.07, 6.45) is 1.44. The summed E-state index contributed by atoms with van der Waals surface area (Å²) in [5, 5.41) is 9.08. The Morgan fingerprint density at radius 2 is 2.09 bits per heavy atom. The Morgan fingerprint density at radius 3 is 2.73 bits per heavy atom. The van der Waals surface area contributed by atoms with Crippen LogP contribution in [0.3, 0.4) is 0 Å². The summed E-state index contributed by atoms with van der Waals surface area (Å²) in [4.78, 5) is 13.6. The van der Waals surface area contributed by atoms with Gasteiger partial charge in [-0.3, -0.25) is 4.79 Å². The molecule has 122 valence electrons. The van der Waals surface area contributed by atoms with E-state index in [9.17, 15) is 13.6 Å². The van der Waals surface area contributed by atoms with Gasteiger partial charge in [0.2, 0.25) is 5.91 Å². The van der Waals surface area contributed by atoms with Crippen molar-refractivity contribution >= 4 is 5.91 Å². The third kappa shape index (κ3) is 3.28. The van der Waals surface area contributed by atoms with Crippen LogP contribution in [-0.4, -0.2) is 41.7 Å². The van der Waals surface area contributed by atoms with E-state index in [1.807, 2.05) is 0 Å². The van der Waals surface area contributed by atoms with Crippen LogP contribution in [0.1, 0.15) is 36.8 Å². The number of benzene rings is 1. The van der Waals surface area contributed by atoms with Gasteiger partial charge in [-0.25, -0.2) is 8.78 Å². The van der Waals surface area contributed by atoms with Crippen molar-refractivity contribution in [3.05, 3.63) is 34.9 Å². The van der Waals surface area contributed by atoms with Gasteiger partial charge in [-0.1, -0.05) is 0 Å². The van der Waals surface area contributed by atoms with E-state index < -0.39 is 17.7 Å². The molecule has 1 aliphatic carbocycles. The van der Waals surface area contributed by atoms with Gasteiger partial charge in [0.25, 0.3) is 0 Å². The summed E-state index contributed by atoms with van der Waals surface area (Å²) in [7, 11) is 1.62. The highest BCUT2D eigenvalue weighted by Crippen LogP contribution is 2.37. The molecule has 0 saturated carbocycles. The Bertz CT molecular complexity index is 565. The smallest absolute Gasteiger partial charge is 0.224 e. The van der Waals surface area contributed by atoms with Gasteiger partial charge in [0.15, 0.2) is 11.6 Å². The van der Waals surface area contributed by atoms with Crippen LogP contribution < -0.4 is 5.73 Å². The zero-order valence-electron chi connectivity index (χ0n) is 12.9. The van der Waals surface area contributed by atoms with Crippen LogP contribution in [0.25, 0.3) is 0 Å². The number of halogens is 2. The molecule has 2 rings (SSSR count). The molecule has 0 spiro atoms. The maximum Gasteiger partial charge on any atom is 0.224 e. The highest BCUT2D eigenvalue weighted by molar-refractivity contribution is 5.77. The Balaban J connectivity index is 2.08. The van der Waals surface area contributed by atoms with Crippen molar-refractivity contribution in [3.63, 3.8) is 0 Å². The van der Waals surface area contributed by atoms with Gasteiger partial charge >= 0.3 is 0 Å². The molecule has 0 saturated heterocycles. The molecule has 1 aliphatic rings. The lowest BCUT2D eigenvalue weighted by Gasteiger charge is -2.26. The van der Waals surface area contributed by atoms with Gasteiger partial charge in [0.05, 0.1) is 12.6 Å². The maximum absolute atomic E-state index is 13.4. The minimum absolute atomic E-state index is 0.115. The first kappa shape index (κ1) is 16.8. The van der Waals surface area contributed by atoms with Gasteiger partial charge in [0.1, 0.15) is 0 Å². The third-order valence-electron chi connectivity index (χ3n) is 4.55. The molecular weight excluding hydrogens is 290 g/mol. The monoisotopic (exact) mass is 312 g/mol. The second-order valence-electron chi connectivity index (χ2n) is 6.01. The fraction of sp³-hybridized carbons (Fsp3) is 0.562. The highest BCUT2D eigenvalue weighted by Gasteiger charge is 2.31. The minimum Gasteiger partial charge on any atom is -0.394 e. The maximum atomic E-state index is 13.4. The summed E-state index contributed by atoms with van der Waals surface area (Å²) < 4.78 is 26.7. The second kappa shape index (κ2) is 6.71. The van der Waals surface area contributed by atoms with Crippen molar-refractivity contribution in [3.8, 4) is 0 Å². The van der Waals surface area contributed by atoms with E-state index in [-0.39, 0.29) is 30.9 Å². The van der Waals surface area contributed by atoms with E-state index >= 15 is 0 Å². The molecule has 6 heteroatoms. The predicted molar refractivity (Wildman–Crippen MR) is 79.3 cm³/mol. The molecule has 22 heavy (non-hydrogen) atoms. The number of aryl methyl sites for hydroxylation is 1. The number of nitrogens with zero attached hydrogens (tertiary/aromatic N) is 1. The Hall–Kier alpha value is -1.53. The minimum atomic E-state index is -0.879. The first-order valence-corrected chi connectivity index (χ1v) is 7.45. The molecule has 1 aromatic rings. The quantitative estimate of drug-likeness (QED) is 0.867. The molecule has 0 fully saturated rings. The lowest BCUT2D eigenvalue weighted by molar-refractivity contribution is -0.132. The van der Waals surface area contributed by atoms with E-state index in [2.05, 4.69) is 0 Å². The van der Waals surface area contributed by atoms with Crippen LogP contribution in [0, 0.1) is 11.6 Å². The first-order chi connectivity index (χ1) is 10.3. The van der Waals surface area contributed by atoms with E-state index in [1.165, 1.54) is 17.0 Å². The van der Waals surface area contributed by atoms with Crippen molar-refractivity contribution in [2.24, 2.45) is 5.73 Å². The Labute approximate surface area is 128 Å². The van der Waals surface area contributed by atoms with E-state index in [0.717, 1.165) is 5.56 Å². The lowest BCUT2D eigenvalue weighted by atomic mass is 9.91. The molecule has 1 amide bonds. The first-order valence-electron chi connectivity index (χ1n) is 7.45. The van der Waals surface area contributed by atoms with Gasteiger partial charge < -0.3 is 15.7 Å². The number of aliphatic hydroxyl groups is 1. The second-order valence-corrected chi connectivity index (χ2v) is 6.01. The SMILES string of the molecule is CC(CO)N(C)C(=O)CC(N)C1CCc2cc(F)c(F)cc21. The topological polar surface area (TPSA) is 66.6 Å². The number of rotatable bonds is 5. The average Bonchev–Trinajstić information content (AvgIpc) is 2.88. The zero-order chi connectivity index (χ0) is 16.4. The molecule has 0 heterocycles.